The van der Waals surface area contributed by atoms with E-state index in [-0.39, 0.29) is 17.6 Å². The molecule has 0 aliphatic carbocycles. The fraction of sp³-hybridized carbons (Fsp3) is 0.389. The van der Waals surface area contributed by atoms with Crippen LogP contribution in [0.2, 0.25) is 0 Å². The maximum Gasteiger partial charge on any atom is 0.254 e. The zero-order valence-electron chi connectivity index (χ0n) is 14.9. The van der Waals surface area contributed by atoms with Crippen LogP contribution < -0.4 is 5.32 Å². The van der Waals surface area contributed by atoms with Gasteiger partial charge >= 0.3 is 0 Å². The van der Waals surface area contributed by atoms with Crippen molar-refractivity contribution < 1.29 is 17.6 Å². The minimum Gasteiger partial charge on any atom is -0.352 e. The SMILES string of the molecule is CS(=O)(=O)N1CCCC(CNC(=O)c2cnc(-c3cccc(F)c3)nc2)C1. The van der Waals surface area contributed by atoms with Crippen LogP contribution in [0, 0.1) is 11.7 Å². The molecular weight excluding hydrogens is 371 g/mol. The molecule has 7 nitrogen and oxygen atoms in total. The van der Waals surface area contributed by atoms with Crippen molar-refractivity contribution in [2.24, 2.45) is 5.92 Å². The summed E-state index contributed by atoms with van der Waals surface area (Å²) in [5.74, 6) is -0.294. The Hall–Kier alpha value is -2.39. The van der Waals surface area contributed by atoms with E-state index in [1.807, 2.05) is 0 Å². The lowest BCUT2D eigenvalue weighted by atomic mass is 9.99. The highest BCUT2D eigenvalue weighted by Crippen LogP contribution is 2.18. The summed E-state index contributed by atoms with van der Waals surface area (Å²) in [6, 6.07) is 5.92. The first-order chi connectivity index (χ1) is 12.8. The molecule has 1 unspecified atom stereocenters. The largest absolute Gasteiger partial charge is 0.352 e. The number of nitrogens with one attached hydrogen (secondary N) is 1. The first-order valence-electron chi connectivity index (χ1n) is 8.64. The fourth-order valence-electron chi connectivity index (χ4n) is 3.06. The van der Waals surface area contributed by atoms with Crippen LogP contribution in [-0.4, -0.2) is 54.5 Å². The van der Waals surface area contributed by atoms with E-state index in [0.717, 1.165) is 12.8 Å². The minimum absolute atomic E-state index is 0.0740. The number of piperidine rings is 1. The van der Waals surface area contributed by atoms with Crippen LogP contribution in [0.15, 0.2) is 36.7 Å². The van der Waals surface area contributed by atoms with Gasteiger partial charge in [0, 0.05) is 37.6 Å². The van der Waals surface area contributed by atoms with Gasteiger partial charge in [0.05, 0.1) is 11.8 Å². The Balaban J connectivity index is 1.58. The molecule has 0 spiro atoms. The number of benzene rings is 1. The smallest absolute Gasteiger partial charge is 0.254 e. The van der Waals surface area contributed by atoms with Gasteiger partial charge in [0.2, 0.25) is 10.0 Å². The number of hydrogen-bond donors (Lipinski definition) is 1. The molecular formula is C18H21FN4O3S. The molecule has 144 valence electrons. The van der Waals surface area contributed by atoms with Crippen LogP contribution in [-0.2, 0) is 10.0 Å². The molecule has 0 saturated carbocycles. The highest BCUT2D eigenvalue weighted by Gasteiger charge is 2.26. The zero-order valence-corrected chi connectivity index (χ0v) is 15.7. The van der Waals surface area contributed by atoms with E-state index >= 15 is 0 Å². The van der Waals surface area contributed by atoms with E-state index in [1.54, 1.807) is 12.1 Å². The number of amides is 1. The van der Waals surface area contributed by atoms with Crippen LogP contribution in [0.4, 0.5) is 4.39 Å². The molecule has 9 heteroatoms. The lowest BCUT2D eigenvalue weighted by Crippen LogP contribution is -2.43. The first-order valence-corrected chi connectivity index (χ1v) is 10.5. The minimum atomic E-state index is -3.21. The van der Waals surface area contributed by atoms with Gasteiger partial charge in [0.25, 0.3) is 5.91 Å². The molecule has 0 bridgehead atoms. The Morgan fingerprint density at radius 2 is 2.07 bits per heavy atom. The van der Waals surface area contributed by atoms with Crippen LogP contribution in [0.1, 0.15) is 23.2 Å². The van der Waals surface area contributed by atoms with Crippen molar-refractivity contribution in [2.45, 2.75) is 12.8 Å². The van der Waals surface area contributed by atoms with Gasteiger partial charge in [0.15, 0.2) is 5.82 Å². The molecule has 1 atom stereocenters. The normalized spacial score (nSPS) is 18.2. The van der Waals surface area contributed by atoms with Gasteiger partial charge < -0.3 is 5.32 Å². The number of carbonyl (C=O) groups excluding carboxylic acids is 1. The van der Waals surface area contributed by atoms with Crippen molar-refractivity contribution >= 4 is 15.9 Å². The van der Waals surface area contributed by atoms with Gasteiger partial charge in [-0.2, -0.15) is 0 Å². The maximum absolute atomic E-state index is 13.3. The van der Waals surface area contributed by atoms with Crippen molar-refractivity contribution in [2.75, 3.05) is 25.9 Å². The lowest BCUT2D eigenvalue weighted by Gasteiger charge is -2.30. The molecule has 1 amide bonds. The fourth-order valence-corrected chi connectivity index (χ4v) is 4.00. The summed E-state index contributed by atoms with van der Waals surface area (Å²) in [5, 5.41) is 2.81. The van der Waals surface area contributed by atoms with E-state index < -0.39 is 10.0 Å². The van der Waals surface area contributed by atoms with Crippen molar-refractivity contribution in [3.8, 4) is 11.4 Å². The monoisotopic (exact) mass is 392 g/mol. The van der Waals surface area contributed by atoms with Crippen LogP contribution in [0.5, 0.6) is 0 Å². The number of hydrogen-bond acceptors (Lipinski definition) is 5. The first kappa shape index (κ1) is 19.4. The third-order valence-corrected chi connectivity index (χ3v) is 5.77. The van der Waals surface area contributed by atoms with Gasteiger partial charge in [-0.3, -0.25) is 4.79 Å². The van der Waals surface area contributed by atoms with Crippen LogP contribution in [0.3, 0.4) is 0 Å². The van der Waals surface area contributed by atoms with Gasteiger partial charge in [-0.15, -0.1) is 0 Å². The molecule has 3 rings (SSSR count). The second-order valence-electron chi connectivity index (χ2n) is 6.64. The number of carbonyl (C=O) groups is 1. The molecule has 2 heterocycles. The summed E-state index contributed by atoms with van der Waals surface area (Å²) in [7, 11) is -3.21. The molecule has 1 saturated heterocycles. The number of aromatic nitrogens is 2. The standard InChI is InChI=1S/C18H21FN4O3S/c1-27(25,26)23-7-3-4-13(12-23)9-22-18(24)15-10-20-17(21-11-15)14-5-2-6-16(19)8-14/h2,5-6,8,10-11,13H,3-4,7,9,12H2,1H3,(H,22,24). The summed E-state index contributed by atoms with van der Waals surface area (Å²) in [5.41, 5.74) is 0.830. The van der Waals surface area contributed by atoms with Crippen molar-refractivity contribution in [3.63, 3.8) is 0 Å². The predicted molar refractivity (Wildman–Crippen MR) is 98.9 cm³/mol. The summed E-state index contributed by atoms with van der Waals surface area (Å²) >= 11 is 0. The van der Waals surface area contributed by atoms with Crippen LogP contribution in [0.25, 0.3) is 11.4 Å². The van der Waals surface area contributed by atoms with Crippen molar-refractivity contribution in [1.29, 1.82) is 0 Å². The van der Waals surface area contributed by atoms with E-state index in [2.05, 4.69) is 15.3 Å². The molecule has 1 aromatic carbocycles. The number of sulfonamides is 1. The van der Waals surface area contributed by atoms with Gasteiger partial charge in [-0.25, -0.2) is 27.1 Å². The highest BCUT2D eigenvalue weighted by atomic mass is 32.2. The van der Waals surface area contributed by atoms with Crippen molar-refractivity contribution in [3.05, 3.63) is 48.0 Å². The Kier molecular flexibility index (Phi) is 5.81. The van der Waals surface area contributed by atoms with E-state index in [4.69, 9.17) is 0 Å². The van der Waals surface area contributed by atoms with Crippen LogP contribution >= 0.6 is 0 Å². The van der Waals surface area contributed by atoms with E-state index in [1.165, 1.54) is 35.1 Å². The van der Waals surface area contributed by atoms with Gasteiger partial charge in [-0.05, 0) is 30.9 Å². The summed E-state index contributed by atoms with van der Waals surface area (Å²) in [6.45, 7) is 1.32. The quantitative estimate of drug-likeness (QED) is 0.836. The molecule has 1 aliphatic heterocycles. The number of halogens is 1. The Bertz CT molecular complexity index is 918. The number of nitrogens with zero attached hydrogens (tertiary/aromatic N) is 3. The average Bonchev–Trinajstić information content (AvgIpc) is 2.66. The molecule has 2 aromatic rings. The summed E-state index contributed by atoms with van der Waals surface area (Å²) in [4.78, 5) is 20.5. The molecule has 0 radical (unpaired) electrons. The predicted octanol–water partition coefficient (Wildman–Crippen LogP) is 1.68. The topological polar surface area (TPSA) is 92.3 Å². The molecule has 1 N–H and O–H groups in total. The molecule has 27 heavy (non-hydrogen) atoms. The Morgan fingerprint density at radius 3 is 2.74 bits per heavy atom. The number of rotatable bonds is 5. The van der Waals surface area contributed by atoms with Gasteiger partial charge in [0.1, 0.15) is 5.82 Å². The lowest BCUT2D eigenvalue weighted by molar-refractivity contribution is 0.0941. The van der Waals surface area contributed by atoms with E-state index in [0.29, 0.717) is 36.6 Å². The van der Waals surface area contributed by atoms with E-state index in [9.17, 15) is 17.6 Å². The molecule has 1 fully saturated rings. The Labute approximate surface area is 157 Å². The molecule has 1 aromatic heterocycles. The maximum atomic E-state index is 13.3. The summed E-state index contributed by atoms with van der Waals surface area (Å²) in [6.07, 6.45) is 5.63. The van der Waals surface area contributed by atoms with Gasteiger partial charge in [-0.1, -0.05) is 12.1 Å². The third kappa shape index (κ3) is 5.08. The second kappa shape index (κ2) is 8.10. The zero-order chi connectivity index (χ0) is 19.4. The average molecular weight is 392 g/mol. The Morgan fingerprint density at radius 1 is 1.33 bits per heavy atom. The third-order valence-electron chi connectivity index (χ3n) is 4.50. The summed E-state index contributed by atoms with van der Waals surface area (Å²) < 4.78 is 38.0. The van der Waals surface area contributed by atoms with Crippen molar-refractivity contribution in [1.82, 2.24) is 19.6 Å². The highest BCUT2D eigenvalue weighted by molar-refractivity contribution is 7.88. The second-order valence-corrected chi connectivity index (χ2v) is 8.63. The molecule has 1 aliphatic rings.